The molecule has 0 aromatic carbocycles. The van der Waals surface area contributed by atoms with E-state index < -0.39 is 12.2 Å². The van der Waals surface area contributed by atoms with Crippen molar-refractivity contribution in [2.45, 2.75) is 12.2 Å². The Labute approximate surface area is 91.8 Å². The van der Waals surface area contributed by atoms with E-state index in [0.29, 0.717) is 17.4 Å². The predicted molar refractivity (Wildman–Crippen MR) is 54.9 cm³/mol. The zero-order valence-corrected chi connectivity index (χ0v) is 8.65. The highest BCUT2D eigenvalue weighted by molar-refractivity contribution is 6.29. The van der Waals surface area contributed by atoms with Crippen molar-refractivity contribution in [1.29, 1.82) is 0 Å². The van der Waals surface area contributed by atoms with Gasteiger partial charge in [-0.25, -0.2) is 0 Å². The zero-order valence-electron chi connectivity index (χ0n) is 7.89. The van der Waals surface area contributed by atoms with Crippen LogP contribution in [0.3, 0.4) is 0 Å². The maximum atomic E-state index is 9.46. The topological polar surface area (TPSA) is 77.6 Å². The molecular weight excluding hydrogens is 220 g/mol. The molecule has 5 nitrogen and oxygen atoms in total. The number of hydrogen-bond donors (Lipinski definition) is 2. The Morgan fingerprint density at radius 1 is 1.53 bits per heavy atom. The summed E-state index contributed by atoms with van der Waals surface area (Å²) < 4.78 is 10.4. The van der Waals surface area contributed by atoms with Gasteiger partial charge in [-0.1, -0.05) is 11.6 Å². The normalized spacial score (nSPS) is 25.5. The van der Waals surface area contributed by atoms with Crippen LogP contribution in [0.5, 0.6) is 5.88 Å². The first-order valence-electron chi connectivity index (χ1n) is 4.51. The van der Waals surface area contributed by atoms with Gasteiger partial charge in [0.1, 0.15) is 11.3 Å². The molecule has 1 fully saturated rings. The van der Waals surface area contributed by atoms with Crippen molar-refractivity contribution in [3.05, 3.63) is 17.3 Å². The van der Waals surface area contributed by atoms with Crippen LogP contribution in [0.1, 0.15) is 0 Å². The number of aromatic nitrogens is 1. The minimum atomic E-state index is -0.648. The summed E-state index contributed by atoms with van der Waals surface area (Å²) in [5.74, 6) is 0.233. The molecule has 0 spiro atoms. The first-order valence-corrected chi connectivity index (χ1v) is 4.89. The van der Waals surface area contributed by atoms with Crippen LogP contribution < -0.4 is 10.5 Å². The zero-order chi connectivity index (χ0) is 10.8. The van der Waals surface area contributed by atoms with Crippen LogP contribution in [0.4, 0.5) is 5.69 Å². The molecule has 6 heteroatoms. The van der Waals surface area contributed by atoms with Gasteiger partial charge in [-0.2, -0.15) is 4.98 Å². The van der Waals surface area contributed by atoms with Crippen molar-refractivity contribution < 1.29 is 14.6 Å². The average Bonchev–Trinajstić information content (AvgIpc) is 2.58. The highest BCUT2D eigenvalue weighted by Gasteiger charge is 2.28. The van der Waals surface area contributed by atoms with Gasteiger partial charge in [0.05, 0.1) is 18.9 Å². The lowest BCUT2D eigenvalue weighted by molar-refractivity contribution is 0.0709. The van der Waals surface area contributed by atoms with Crippen molar-refractivity contribution in [2.24, 2.45) is 0 Å². The van der Waals surface area contributed by atoms with Crippen molar-refractivity contribution in [3.8, 4) is 5.88 Å². The van der Waals surface area contributed by atoms with E-state index in [1.54, 1.807) is 12.1 Å². The molecule has 3 N–H and O–H groups in total. The number of nitrogens with two attached hydrogens (primary N) is 1. The number of ether oxygens (including phenoxy) is 2. The average molecular weight is 231 g/mol. The second-order valence-corrected chi connectivity index (χ2v) is 3.68. The third kappa shape index (κ3) is 2.31. The molecular formula is C9H11ClN2O3. The highest BCUT2D eigenvalue weighted by atomic mass is 35.5. The highest BCUT2D eigenvalue weighted by Crippen LogP contribution is 2.23. The number of halogens is 1. The molecule has 2 atom stereocenters. The van der Waals surface area contributed by atoms with Crippen LogP contribution in [-0.2, 0) is 4.74 Å². The number of rotatable bonds is 2. The van der Waals surface area contributed by atoms with Crippen molar-refractivity contribution in [1.82, 2.24) is 4.98 Å². The van der Waals surface area contributed by atoms with Crippen LogP contribution in [0, 0.1) is 0 Å². The number of hydrogen-bond acceptors (Lipinski definition) is 5. The fraction of sp³-hybridized carbons (Fsp3) is 0.444. The lowest BCUT2D eigenvalue weighted by atomic mass is 10.2. The molecule has 0 amide bonds. The van der Waals surface area contributed by atoms with Crippen molar-refractivity contribution in [2.75, 3.05) is 18.9 Å². The van der Waals surface area contributed by atoms with Crippen molar-refractivity contribution >= 4 is 17.3 Å². The molecule has 1 aliphatic rings. The summed E-state index contributed by atoms with van der Waals surface area (Å²) in [6.07, 6.45) is -1.08. The van der Waals surface area contributed by atoms with E-state index in [1.807, 2.05) is 0 Å². The molecule has 2 heterocycles. The van der Waals surface area contributed by atoms with Crippen molar-refractivity contribution in [3.63, 3.8) is 0 Å². The summed E-state index contributed by atoms with van der Waals surface area (Å²) in [7, 11) is 0. The number of nitrogens with zero attached hydrogens (tertiary/aromatic N) is 1. The van der Waals surface area contributed by atoms with Crippen LogP contribution in [0.15, 0.2) is 12.1 Å². The summed E-state index contributed by atoms with van der Waals surface area (Å²) in [6.45, 7) is 0.597. The second kappa shape index (κ2) is 4.22. The van der Waals surface area contributed by atoms with E-state index in [1.165, 1.54) is 0 Å². The maximum Gasteiger partial charge on any atom is 0.239 e. The Morgan fingerprint density at radius 2 is 2.33 bits per heavy atom. The molecule has 1 aliphatic heterocycles. The molecule has 0 bridgehead atoms. The molecule has 0 unspecified atom stereocenters. The van der Waals surface area contributed by atoms with E-state index in [9.17, 15) is 5.11 Å². The molecule has 0 aliphatic carbocycles. The van der Waals surface area contributed by atoms with Gasteiger partial charge in [-0.05, 0) is 12.1 Å². The summed E-state index contributed by atoms with van der Waals surface area (Å²) in [4.78, 5) is 3.92. The SMILES string of the molecule is Nc1ccc(Cl)nc1O[C@@H]1COC[C@H]1O. The smallest absolute Gasteiger partial charge is 0.239 e. The van der Waals surface area contributed by atoms with Gasteiger partial charge < -0.3 is 20.3 Å². The minimum Gasteiger partial charge on any atom is -0.468 e. The molecule has 1 aromatic heterocycles. The van der Waals surface area contributed by atoms with Gasteiger partial charge in [0.2, 0.25) is 5.88 Å². The third-order valence-corrected chi connectivity index (χ3v) is 2.33. The summed E-state index contributed by atoms with van der Waals surface area (Å²) in [6, 6.07) is 3.18. The fourth-order valence-corrected chi connectivity index (χ4v) is 1.44. The fourth-order valence-electron chi connectivity index (χ4n) is 1.30. The first-order chi connectivity index (χ1) is 7.16. The van der Waals surface area contributed by atoms with E-state index in [2.05, 4.69) is 4.98 Å². The second-order valence-electron chi connectivity index (χ2n) is 3.29. The molecule has 0 saturated carbocycles. The molecule has 0 radical (unpaired) electrons. The molecule has 2 rings (SSSR count). The Morgan fingerprint density at radius 3 is 3.00 bits per heavy atom. The lowest BCUT2D eigenvalue weighted by Crippen LogP contribution is -2.30. The van der Waals surface area contributed by atoms with Crippen LogP contribution in [-0.4, -0.2) is 35.5 Å². The number of nitrogen functional groups attached to an aromatic ring is 1. The largest absolute Gasteiger partial charge is 0.468 e. The van der Waals surface area contributed by atoms with Gasteiger partial charge in [0.25, 0.3) is 0 Å². The van der Waals surface area contributed by atoms with Gasteiger partial charge in [-0.3, -0.25) is 0 Å². The van der Waals surface area contributed by atoms with E-state index in [-0.39, 0.29) is 12.5 Å². The number of anilines is 1. The summed E-state index contributed by atoms with van der Waals surface area (Å²) in [5, 5.41) is 9.76. The maximum absolute atomic E-state index is 9.46. The first kappa shape index (κ1) is 10.5. The predicted octanol–water partition coefficient (Wildman–Crippen LogP) is 0.456. The Balaban J connectivity index is 2.12. The Hall–Kier alpha value is -1.04. The molecule has 1 saturated heterocycles. The van der Waals surface area contributed by atoms with Crippen LogP contribution in [0.2, 0.25) is 5.15 Å². The number of pyridine rings is 1. The Bertz CT molecular complexity index is 361. The molecule has 1 aromatic rings. The number of aliphatic hydroxyl groups excluding tert-OH is 1. The summed E-state index contributed by atoms with van der Waals surface area (Å²) in [5.41, 5.74) is 6.03. The van der Waals surface area contributed by atoms with Crippen LogP contribution >= 0.6 is 11.6 Å². The van der Waals surface area contributed by atoms with E-state index in [0.717, 1.165) is 0 Å². The third-order valence-electron chi connectivity index (χ3n) is 2.12. The van der Waals surface area contributed by atoms with Crippen LogP contribution in [0.25, 0.3) is 0 Å². The van der Waals surface area contributed by atoms with Gasteiger partial charge in [0.15, 0.2) is 6.10 Å². The number of aliphatic hydroxyl groups is 1. The summed E-state index contributed by atoms with van der Waals surface area (Å²) >= 11 is 5.70. The molecule has 82 valence electrons. The standard InChI is InChI=1S/C9H11ClN2O3/c10-8-2-1-5(11)9(12-8)15-7-4-14-3-6(7)13/h1-2,6-7,13H,3-4,11H2/t6-,7-/m1/s1. The van der Waals surface area contributed by atoms with E-state index >= 15 is 0 Å². The van der Waals surface area contributed by atoms with Gasteiger partial charge >= 0.3 is 0 Å². The quantitative estimate of drug-likeness (QED) is 0.722. The van der Waals surface area contributed by atoms with Gasteiger partial charge in [-0.15, -0.1) is 0 Å². The Kier molecular flexibility index (Phi) is 2.95. The lowest BCUT2D eigenvalue weighted by Gasteiger charge is -2.15. The molecule has 15 heavy (non-hydrogen) atoms. The minimum absolute atomic E-state index is 0.233. The monoisotopic (exact) mass is 230 g/mol. The van der Waals surface area contributed by atoms with E-state index in [4.69, 9.17) is 26.8 Å². The van der Waals surface area contributed by atoms with Gasteiger partial charge in [0, 0.05) is 0 Å².